The molecule has 1 fully saturated rings. The molecule has 2 rings (SSSR count). The number of rotatable bonds is 8. The summed E-state index contributed by atoms with van der Waals surface area (Å²) in [5.74, 6) is 1.78. The van der Waals surface area contributed by atoms with Crippen LogP contribution in [-0.4, -0.2) is 18.8 Å². The van der Waals surface area contributed by atoms with Crippen molar-refractivity contribution in [2.45, 2.75) is 71.6 Å². The summed E-state index contributed by atoms with van der Waals surface area (Å²) in [6.45, 7) is 7.97. The summed E-state index contributed by atoms with van der Waals surface area (Å²) in [6.07, 6.45) is 6.41. The molecule has 1 aromatic rings. The zero-order chi connectivity index (χ0) is 15.1. The van der Waals surface area contributed by atoms with Crippen molar-refractivity contribution >= 4 is 0 Å². The van der Waals surface area contributed by atoms with Gasteiger partial charge in [0.1, 0.15) is 0 Å². The lowest BCUT2D eigenvalue weighted by Gasteiger charge is -2.18. The maximum Gasteiger partial charge on any atom is 0.161 e. The summed E-state index contributed by atoms with van der Waals surface area (Å²) in [6, 6.07) is 6.86. The van der Waals surface area contributed by atoms with Gasteiger partial charge in [-0.2, -0.15) is 0 Å². The molecular weight excluding hydrogens is 262 g/mol. The third-order valence-electron chi connectivity index (χ3n) is 4.17. The largest absolute Gasteiger partial charge is 0.490 e. The van der Waals surface area contributed by atoms with Crippen LogP contribution in [0.25, 0.3) is 0 Å². The number of hydrogen-bond acceptors (Lipinski definition) is 3. The first-order valence-corrected chi connectivity index (χ1v) is 8.38. The Kier molecular flexibility index (Phi) is 6.37. The Morgan fingerprint density at radius 3 is 2.62 bits per heavy atom. The molecule has 0 unspecified atom stereocenters. The highest BCUT2D eigenvalue weighted by molar-refractivity contribution is 5.43. The van der Waals surface area contributed by atoms with E-state index in [9.17, 15) is 0 Å². The quantitative estimate of drug-likeness (QED) is 0.775. The minimum Gasteiger partial charge on any atom is -0.490 e. The fraction of sp³-hybridized carbons (Fsp3) is 0.667. The number of ether oxygens (including phenoxy) is 2. The van der Waals surface area contributed by atoms with Crippen molar-refractivity contribution in [3.8, 4) is 11.5 Å². The van der Waals surface area contributed by atoms with Crippen LogP contribution in [0.3, 0.4) is 0 Å². The van der Waals surface area contributed by atoms with Gasteiger partial charge in [0, 0.05) is 12.6 Å². The summed E-state index contributed by atoms with van der Waals surface area (Å²) in [7, 11) is 0. The van der Waals surface area contributed by atoms with E-state index >= 15 is 0 Å². The first kappa shape index (κ1) is 16.2. The molecule has 0 heterocycles. The van der Waals surface area contributed by atoms with Crippen LogP contribution >= 0.6 is 0 Å². The Balaban J connectivity index is 2.02. The first-order valence-electron chi connectivity index (χ1n) is 8.38. The molecule has 1 aromatic carbocycles. The number of nitrogens with one attached hydrogen (secondary N) is 1. The van der Waals surface area contributed by atoms with Crippen molar-refractivity contribution in [3.63, 3.8) is 0 Å². The zero-order valence-electron chi connectivity index (χ0n) is 13.7. The van der Waals surface area contributed by atoms with E-state index in [1.54, 1.807) is 0 Å². The minimum absolute atomic E-state index is 0.369. The predicted octanol–water partition coefficient (Wildman–Crippen LogP) is 4.29. The maximum absolute atomic E-state index is 6.12. The lowest BCUT2D eigenvalue weighted by Crippen LogP contribution is -2.24. The summed E-state index contributed by atoms with van der Waals surface area (Å²) in [4.78, 5) is 0. The van der Waals surface area contributed by atoms with Crippen LogP contribution in [0.1, 0.15) is 58.4 Å². The van der Waals surface area contributed by atoms with Gasteiger partial charge in [-0.25, -0.2) is 0 Å². The van der Waals surface area contributed by atoms with E-state index in [0.717, 1.165) is 24.5 Å². The van der Waals surface area contributed by atoms with Crippen molar-refractivity contribution in [3.05, 3.63) is 23.8 Å². The van der Waals surface area contributed by atoms with Crippen LogP contribution in [0.5, 0.6) is 11.5 Å². The molecule has 3 nitrogen and oxygen atoms in total. The van der Waals surface area contributed by atoms with Crippen molar-refractivity contribution in [2.24, 2.45) is 0 Å². The molecule has 0 saturated heterocycles. The van der Waals surface area contributed by atoms with Gasteiger partial charge in [0.2, 0.25) is 0 Å². The van der Waals surface area contributed by atoms with E-state index in [0.29, 0.717) is 18.8 Å². The van der Waals surface area contributed by atoms with Gasteiger partial charge in [-0.1, -0.05) is 13.0 Å². The van der Waals surface area contributed by atoms with Crippen LogP contribution < -0.4 is 14.8 Å². The first-order chi connectivity index (χ1) is 10.2. The van der Waals surface area contributed by atoms with Crippen molar-refractivity contribution in [1.29, 1.82) is 0 Å². The average molecular weight is 291 g/mol. The summed E-state index contributed by atoms with van der Waals surface area (Å²) in [5.41, 5.74) is 1.25. The summed E-state index contributed by atoms with van der Waals surface area (Å²) >= 11 is 0. The molecule has 0 spiro atoms. The fourth-order valence-electron chi connectivity index (χ4n) is 2.65. The lowest BCUT2D eigenvalue weighted by molar-refractivity contribution is 0.196. The standard InChI is InChI=1S/C18H29NO2/c1-4-14(3)19-13-15-10-11-17(18(12-15)20-5-2)21-16-8-6-7-9-16/h10-12,14,16,19H,4-9,13H2,1-3H3/t14-/m1/s1. The Hall–Kier alpha value is -1.22. The van der Waals surface area contributed by atoms with Crippen LogP contribution in [-0.2, 0) is 6.54 Å². The van der Waals surface area contributed by atoms with Crippen LogP contribution in [0.4, 0.5) is 0 Å². The highest BCUT2D eigenvalue weighted by Gasteiger charge is 2.18. The summed E-state index contributed by atoms with van der Waals surface area (Å²) in [5, 5.41) is 3.51. The van der Waals surface area contributed by atoms with Crippen LogP contribution in [0, 0.1) is 0 Å². The highest BCUT2D eigenvalue weighted by Crippen LogP contribution is 2.32. The fourth-order valence-corrected chi connectivity index (χ4v) is 2.65. The Labute approximate surface area is 129 Å². The minimum atomic E-state index is 0.369. The lowest BCUT2D eigenvalue weighted by atomic mass is 10.1. The molecule has 0 radical (unpaired) electrons. The number of benzene rings is 1. The summed E-state index contributed by atoms with van der Waals surface area (Å²) < 4.78 is 11.9. The smallest absolute Gasteiger partial charge is 0.161 e. The molecule has 0 aliphatic heterocycles. The molecule has 1 atom stereocenters. The second kappa shape index (κ2) is 8.28. The third kappa shape index (κ3) is 4.92. The van der Waals surface area contributed by atoms with Gasteiger partial charge in [0.15, 0.2) is 11.5 Å². The highest BCUT2D eigenvalue weighted by atomic mass is 16.5. The molecular formula is C18H29NO2. The molecule has 21 heavy (non-hydrogen) atoms. The van der Waals surface area contributed by atoms with Crippen molar-refractivity contribution < 1.29 is 9.47 Å². The van der Waals surface area contributed by atoms with Gasteiger partial charge >= 0.3 is 0 Å². The topological polar surface area (TPSA) is 30.5 Å². The van der Waals surface area contributed by atoms with E-state index in [2.05, 4.69) is 37.4 Å². The van der Waals surface area contributed by atoms with Crippen LogP contribution in [0.2, 0.25) is 0 Å². The second-order valence-electron chi connectivity index (χ2n) is 5.93. The Bertz CT molecular complexity index is 427. The van der Waals surface area contributed by atoms with Gasteiger partial charge < -0.3 is 14.8 Å². The molecule has 0 amide bonds. The molecule has 118 valence electrons. The van der Waals surface area contributed by atoms with E-state index in [1.807, 2.05) is 6.92 Å². The third-order valence-corrected chi connectivity index (χ3v) is 4.17. The monoisotopic (exact) mass is 291 g/mol. The number of hydrogen-bond donors (Lipinski definition) is 1. The van der Waals surface area contributed by atoms with Gasteiger partial charge in [0.05, 0.1) is 12.7 Å². The molecule has 3 heteroatoms. The Morgan fingerprint density at radius 2 is 1.95 bits per heavy atom. The van der Waals surface area contributed by atoms with E-state index in [4.69, 9.17) is 9.47 Å². The van der Waals surface area contributed by atoms with Gasteiger partial charge in [0.25, 0.3) is 0 Å². The van der Waals surface area contributed by atoms with Gasteiger partial charge in [-0.15, -0.1) is 0 Å². The molecule has 0 aromatic heterocycles. The predicted molar refractivity (Wildman–Crippen MR) is 87.1 cm³/mol. The maximum atomic E-state index is 6.12. The molecule has 1 aliphatic rings. The average Bonchev–Trinajstić information content (AvgIpc) is 3.00. The van der Waals surface area contributed by atoms with Gasteiger partial charge in [-0.3, -0.25) is 0 Å². The van der Waals surface area contributed by atoms with Crippen LogP contribution in [0.15, 0.2) is 18.2 Å². The molecule has 1 saturated carbocycles. The van der Waals surface area contributed by atoms with E-state index < -0.39 is 0 Å². The Morgan fingerprint density at radius 1 is 1.19 bits per heavy atom. The van der Waals surface area contributed by atoms with Gasteiger partial charge in [-0.05, 0) is 63.6 Å². The normalized spacial score (nSPS) is 16.9. The zero-order valence-corrected chi connectivity index (χ0v) is 13.7. The van der Waals surface area contributed by atoms with Crippen molar-refractivity contribution in [2.75, 3.05) is 6.61 Å². The second-order valence-corrected chi connectivity index (χ2v) is 5.93. The SMILES string of the molecule is CCOc1cc(CN[C@H](C)CC)ccc1OC1CCCC1. The van der Waals surface area contributed by atoms with E-state index in [-0.39, 0.29) is 0 Å². The molecule has 1 aliphatic carbocycles. The van der Waals surface area contributed by atoms with Crippen molar-refractivity contribution in [1.82, 2.24) is 5.32 Å². The molecule has 1 N–H and O–H groups in total. The molecule has 0 bridgehead atoms. The van der Waals surface area contributed by atoms with E-state index in [1.165, 1.54) is 31.2 Å².